The Balaban J connectivity index is 1.80. The number of phenolic OH excluding ortho intramolecular Hbond substituents is 1. The fourth-order valence-electron chi connectivity index (χ4n) is 4.33. The third-order valence-corrected chi connectivity index (χ3v) is 9.42. The summed E-state index contributed by atoms with van der Waals surface area (Å²) in [4.78, 5) is 2.51. The molecule has 160 valence electrons. The van der Waals surface area contributed by atoms with Crippen molar-refractivity contribution in [3.63, 3.8) is 0 Å². The number of hydrogen-bond acceptors (Lipinski definition) is 3. The summed E-state index contributed by atoms with van der Waals surface area (Å²) in [5.74, 6) is 0.214. The summed E-state index contributed by atoms with van der Waals surface area (Å²) >= 11 is 10.8. The molecule has 1 N–H and O–H groups in total. The van der Waals surface area contributed by atoms with Crippen LogP contribution < -0.4 is 0 Å². The summed E-state index contributed by atoms with van der Waals surface area (Å²) in [6.07, 6.45) is 0. The summed E-state index contributed by atoms with van der Waals surface area (Å²) in [5, 5.41) is 15.3. The Bertz CT molecular complexity index is 1650. The average Bonchev–Trinajstić information content (AvgIpc) is 3.22. The van der Waals surface area contributed by atoms with Crippen LogP contribution in [-0.4, -0.2) is 5.11 Å². The number of aromatic hydroxyl groups is 1. The number of halogens is 2. The van der Waals surface area contributed by atoms with Crippen molar-refractivity contribution >= 4 is 85.9 Å². The van der Waals surface area contributed by atoms with Gasteiger partial charge >= 0.3 is 0 Å². The van der Waals surface area contributed by atoms with E-state index in [4.69, 9.17) is 0 Å². The summed E-state index contributed by atoms with van der Waals surface area (Å²) < 4.78 is 3.91. The van der Waals surface area contributed by atoms with Gasteiger partial charge in [0.1, 0.15) is 5.75 Å². The van der Waals surface area contributed by atoms with Crippen LogP contribution in [-0.2, 0) is 0 Å². The maximum absolute atomic E-state index is 10.3. The van der Waals surface area contributed by atoms with E-state index in [1.54, 1.807) is 0 Å². The van der Waals surface area contributed by atoms with Gasteiger partial charge in [-0.05, 0) is 84.1 Å². The van der Waals surface area contributed by atoms with Crippen LogP contribution in [0, 0.1) is 0 Å². The molecule has 0 spiro atoms. The Morgan fingerprint density at radius 3 is 2.03 bits per heavy atom. The Morgan fingerprint density at radius 1 is 0.697 bits per heavy atom. The molecule has 6 rings (SSSR count). The van der Waals surface area contributed by atoms with Gasteiger partial charge in [0.15, 0.2) is 0 Å². The highest BCUT2D eigenvalue weighted by molar-refractivity contribution is 9.11. The van der Waals surface area contributed by atoms with E-state index in [-0.39, 0.29) is 5.75 Å². The molecule has 1 aromatic heterocycles. The number of hydrogen-bond donors (Lipinski definition) is 1. The maximum atomic E-state index is 10.3. The highest BCUT2D eigenvalue weighted by Gasteiger charge is 2.21. The number of benzene rings is 5. The molecule has 0 saturated heterocycles. The zero-order valence-corrected chi connectivity index (χ0v) is 22.0. The van der Waals surface area contributed by atoms with Crippen molar-refractivity contribution in [1.82, 2.24) is 0 Å². The Labute approximate surface area is 216 Å². The van der Waals surface area contributed by atoms with Crippen LogP contribution in [0.15, 0.2) is 110 Å². The first-order chi connectivity index (χ1) is 16.1. The molecule has 6 aromatic rings. The van der Waals surface area contributed by atoms with E-state index >= 15 is 0 Å². The van der Waals surface area contributed by atoms with Gasteiger partial charge in [0.05, 0.1) is 13.6 Å². The first kappa shape index (κ1) is 21.2. The fraction of sp³-hybridized carbons (Fsp3) is 0. The van der Waals surface area contributed by atoms with E-state index in [9.17, 15) is 5.11 Å². The summed E-state index contributed by atoms with van der Waals surface area (Å²) in [5.41, 5.74) is 2.25. The van der Waals surface area contributed by atoms with Crippen molar-refractivity contribution < 1.29 is 5.11 Å². The van der Waals surface area contributed by atoms with Crippen molar-refractivity contribution in [2.75, 3.05) is 0 Å². The minimum Gasteiger partial charge on any atom is -0.506 e. The molecule has 0 atom stereocenters. The first-order valence-corrected chi connectivity index (χ1v) is 13.6. The number of fused-ring (bicyclic) bond motifs is 4. The maximum Gasteiger partial charge on any atom is 0.143 e. The zero-order valence-electron chi connectivity index (χ0n) is 17.2. The van der Waals surface area contributed by atoms with Crippen molar-refractivity contribution in [2.24, 2.45) is 0 Å². The predicted molar refractivity (Wildman–Crippen MR) is 150 cm³/mol. The summed E-state index contributed by atoms with van der Waals surface area (Å²) in [7, 11) is 0. The lowest BCUT2D eigenvalue weighted by atomic mass is 9.93. The molecule has 5 aromatic carbocycles. The van der Waals surface area contributed by atoms with Crippen LogP contribution in [0.1, 0.15) is 0 Å². The Hall–Kier alpha value is -2.31. The fourth-order valence-corrected chi connectivity index (χ4v) is 7.94. The van der Waals surface area contributed by atoms with Crippen molar-refractivity contribution in [2.45, 2.75) is 9.79 Å². The molecule has 0 amide bonds. The molecule has 0 fully saturated rings. The minimum absolute atomic E-state index is 0.214. The van der Waals surface area contributed by atoms with Gasteiger partial charge in [0, 0.05) is 25.3 Å². The molecular formula is C28H16Br2OS2. The van der Waals surface area contributed by atoms with Gasteiger partial charge in [-0.3, -0.25) is 0 Å². The molecule has 5 heteroatoms. The number of rotatable bonds is 3. The van der Waals surface area contributed by atoms with Gasteiger partial charge in [-0.15, -0.1) is 11.3 Å². The van der Waals surface area contributed by atoms with E-state index in [2.05, 4.69) is 111 Å². The lowest BCUT2D eigenvalue weighted by Crippen LogP contribution is -1.88. The van der Waals surface area contributed by atoms with Crippen molar-refractivity contribution in [1.29, 1.82) is 0 Å². The smallest absolute Gasteiger partial charge is 0.143 e. The van der Waals surface area contributed by atoms with Crippen LogP contribution >= 0.6 is 55.0 Å². The van der Waals surface area contributed by atoms with E-state index < -0.39 is 0 Å². The van der Waals surface area contributed by atoms with Crippen LogP contribution in [0.2, 0.25) is 0 Å². The summed E-state index contributed by atoms with van der Waals surface area (Å²) in [6, 6.07) is 31.9. The number of phenols is 1. The van der Waals surface area contributed by atoms with Gasteiger partial charge in [0.25, 0.3) is 0 Å². The molecule has 0 radical (unpaired) electrons. The number of thiophene rings is 1. The second-order valence-corrected chi connectivity index (χ2v) is 11.6. The molecule has 0 aliphatic heterocycles. The molecular weight excluding hydrogens is 576 g/mol. The molecule has 0 aliphatic carbocycles. The molecule has 1 nitrogen and oxygen atoms in total. The highest BCUT2D eigenvalue weighted by atomic mass is 79.9. The van der Waals surface area contributed by atoms with Crippen LogP contribution in [0.3, 0.4) is 0 Å². The lowest BCUT2D eigenvalue weighted by molar-refractivity contribution is 0.468. The third kappa shape index (κ3) is 3.58. The van der Waals surface area contributed by atoms with Gasteiger partial charge in [0.2, 0.25) is 0 Å². The molecule has 0 unspecified atom stereocenters. The second-order valence-electron chi connectivity index (χ2n) is 7.76. The normalized spacial score (nSPS) is 11.6. The van der Waals surface area contributed by atoms with Crippen LogP contribution in [0.25, 0.3) is 42.1 Å². The van der Waals surface area contributed by atoms with Gasteiger partial charge in [-0.1, -0.05) is 72.4 Å². The lowest BCUT2D eigenvalue weighted by Gasteiger charge is -2.16. The van der Waals surface area contributed by atoms with Crippen LogP contribution in [0.4, 0.5) is 0 Å². The standard InChI is InChI=1S/C28H16Br2OS2/c29-21-14-16(15-22(30)26(21)31)24-18-10-4-5-11-19(18)27(32-17-8-2-1-3-9-17)28-25(24)20-12-6-7-13-23(20)33-28/h1-15,31H. The Morgan fingerprint density at radius 2 is 1.30 bits per heavy atom. The topological polar surface area (TPSA) is 20.2 Å². The average molecular weight is 592 g/mol. The van der Waals surface area contributed by atoms with E-state index in [0.717, 1.165) is 5.56 Å². The van der Waals surface area contributed by atoms with Gasteiger partial charge in [-0.25, -0.2) is 0 Å². The van der Waals surface area contributed by atoms with Crippen molar-refractivity contribution in [3.8, 4) is 16.9 Å². The second kappa shape index (κ2) is 8.48. The molecule has 0 bridgehead atoms. The monoisotopic (exact) mass is 590 g/mol. The first-order valence-electron chi connectivity index (χ1n) is 10.4. The van der Waals surface area contributed by atoms with Crippen LogP contribution in [0.5, 0.6) is 5.75 Å². The molecule has 0 saturated carbocycles. The summed E-state index contributed by atoms with van der Waals surface area (Å²) in [6.45, 7) is 0. The van der Waals surface area contributed by atoms with E-state index in [1.807, 2.05) is 35.2 Å². The minimum atomic E-state index is 0.214. The van der Waals surface area contributed by atoms with E-state index in [1.165, 1.54) is 46.3 Å². The molecule has 0 aliphatic rings. The molecule has 33 heavy (non-hydrogen) atoms. The predicted octanol–water partition coefficient (Wildman–Crippen LogP) is 10.3. The quantitative estimate of drug-likeness (QED) is 0.221. The van der Waals surface area contributed by atoms with Gasteiger partial charge in [-0.2, -0.15) is 0 Å². The van der Waals surface area contributed by atoms with Gasteiger partial charge < -0.3 is 5.11 Å². The third-order valence-electron chi connectivity index (χ3n) is 5.76. The van der Waals surface area contributed by atoms with Crippen molar-refractivity contribution in [3.05, 3.63) is 99.9 Å². The highest BCUT2D eigenvalue weighted by Crippen LogP contribution is 2.51. The SMILES string of the molecule is Oc1c(Br)cc(-c2c3ccccc3c(Sc3ccccc3)c3sc4ccccc4c23)cc1Br. The largest absolute Gasteiger partial charge is 0.506 e. The molecule has 1 heterocycles. The zero-order chi connectivity index (χ0) is 22.5. The Kier molecular flexibility index (Phi) is 5.46. The van der Waals surface area contributed by atoms with E-state index in [0.29, 0.717) is 8.95 Å².